The maximum absolute atomic E-state index is 12.4. The molecule has 0 aromatic heterocycles. The van der Waals surface area contributed by atoms with Crippen LogP contribution in [0.2, 0.25) is 0 Å². The van der Waals surface area contributed by atoms with Crippen molar-refractivity contribution in [1.29, 1.82) is 0 Å². The summed E-state index contributed by atoms with van der Waals surface area (Å²) in [4.78, 5) is 24.1. The second-order valence-corrected chi connectivity index (χ2v) is 11.1. The van der Waals surface area contributed by atoms with Crippen molar-refractivity contribution in [1.82, 2.24) is 0 Å². The Morgan fingerprint density at radius 2 is 1.23 bits per heavy atom. The van der Waals surface area contributed by atoms with Crippen LogP contribution in [0.5, 0.6) is 0 Å². The minimum Gasteiger partial charge on any atom is -0.463 e. The summed E-state index contributed by atoms with van der Waals surface area (Å²) in [6.45, 7) is 7.49. The van der Waals surface area contributed by atoms with E-state index in [1.165, 1.54) is 45.2 Å². The molecule has 43 heavy (non-hydrogen) atoms. The van der Waals surface area contributed by atoms with E-state index in [0.29, 0.717) is 12.8 Å². The molecule has 0 radical (unpaired) electrons. The van der Waals surface area contributed by atoms with E-state index in [1.807, 2.05) is 12.1 Å². The van der Waals surface area contributed by atoms with Crippen molar-refractivity contribution < 1.29 is 19.1 Å². The summed E-state index contributed by atoms with van der Waals surface area (Å²) < 4.78 is 11.1. The van der Waals surface area contributed by atoms with Crippen LogP contribution in [0.15, 0.2) is 122 Å². The van der Waals surface area contributed by atoms with E-state index in [4.69, 9.17) is 9.47 Å². The quantitative estimate of drug-likeness (QED) is 0.101. The van der Waals surface area contributed by atoms with Gasteiger partial charge in [0.25, 0.3) is 0 Å². The largest absolute Gasteiger partial charge is 0.463 e. The molecule has 4 heteroatoms. The Bertz CT molecular complexity index is 1940. The first-order valence-electron chi connectivity index (χ1n) is 14.5. The maximum atomic E-state index is 12.4. The Hall–Kier alpha value is -5.22. The molecule has 7 rings (SSSR count). The van der Waals surface area contributed by atoms with Gasteiger partial charge in [-0.2, -0.15) is 0 Å². The third-order valence-electron chi connectivity index (χ3n) is 8.91. The van der Waals surface area contributed by atoms with Crippen LogP contribution in [-0.2, 0) is 24.5 Å². The highest BCUT2D eigenvalue weighted by Crippen LogP contribution is 2.54. The molecule has 2 aliphatic carbocycles. The first-order chi connectivity index (χ1) is 21.1. The van der Waals surface area contributed by atoms with Crippen LogP contribution in [0.4, 0.5) is 0 Å². The van der Waals surface area contributed by atoms with Crippen LogP contribution >= 0.6 is 0 Å². The van der Waals surface area contributed by atoms with Gasteiger partial charge in [-0.05, 0) is 85.3 Å². The average Bonchev–Trinajstić information content (AvgIpc) is 3.53. The first-order valence-corrected chi connectivity index (χ1v) is 14.5. The molecule has 210 valence electrons. The lowest BCUT2D eigenvalue weighted by Crippen LogP contribution is -2.33. The SMILES string of the molecule is C=CC(=O)OCCCC1(COC(=O)C=C)c2ccccc2-c2ccc(-c3ccc4c5c(cccc35)-c3ccccc3-4)cc21. The van der Waals surface area contributed by atoms with E-state index >= 15 is 0 Å². The molecular weight excluding hydrogens is 532 g/mol. The molecule has 0 spiro atoms. The van der Waals surface area contributed by atoms with Crippen LogP contribution in [0, 0.1) is 0 Å². The lowest BCUT2D eigenvalue weighted by Gasteiger charge is -2.32. The highest BCUT2D eigenvalue weighted by molar-refractivity contribution is 6.18. The fourth-order valence-corrected chi connectivity index (χ4v) is 7.04. The van der Waals surface area contributed by atoms with Gasteiger partial charge in [0.15, 0.2) is 0 Å². The van der Waals surface area contributed by atoms with Gasteiger partial charge in [-0.15, -0.1) is 0 Å². The predicted molar refractivity (Wildman–Crippen MR) is 172 cm³/mol. The minimum atomic E-state index is -0.619. The molecule has 4 nitrogen and oxygen atoms in total. The van der Waals surface area contributed by atoms with Gasteiger partial charge >= 0.3 is 11.9 Å². The number of hydrogen-bond donors (Lipinski definition) is 0. The second-order valence-electron chi connectivity index (χ2n) is 11.1. The fraction of sp³-hybridized carbons (Fsp3) is 0.128. The van der Waals surface area contributed by atoms with Crippen molar-refractivity contribution in [3.63, 3.8) is 0 Å². The van der Waals surface area contributed by atoms with Crippen LogP contribution in [0.25, 0.3) is 55.3 Å². The Morgan fingerprint density at radius 3 is 2.00 bits per heavy atom. The Morgan fingerprint density at radius 1 is 0.628 bits per heavy atom. The molecular formula is C39H30O4. The lowest BCUT2D eigenvalue weighted by atomic mass is 9.74. The summed E-state index contributed by atoms with van der Waals surface area (Å²) in [5, 5.41) is 2.49. The zero-order valence-electron chi connectivity index (χ0n) is 23.8. The summed E-state index contributed by atoms with van der Waals surface area (Å²) in [6.07, 6.45) is 3.57. The zero-order valence-corrected chi connectivity index (χ0v) is 23.8. The van der Waals surface area contributed by atoms with Crippen molar-refractivity contribution in [3.8, 4) is 44.5 Å². The monoisotopic (exact) mass is 562 g/mol. The zero-order chi connectivity index (χ0) is 29.6. The Balaban J connectivity index is 1.37. The van der Waals surface area contributed by atoms with Gasteiger partial charge in [-0.25, -0.2) is 9.59 Å². The molecule has 0 N–H and O–H groups in total. The number of benzene rings is 5. The van der Waals surface area contributed by atoms with Gasteiger partial charge in [0.05, 0.1) is 12.0 Å². The van der Waals surface area contributed by atoms with Crippen molar-refractivity contribution >= 4 is 22.7 Å². The van der Waals surface area contributed by atoms with Gasteiger partial charge in [0.1, 0.15) is 6.61 Å². The van der Waals surface area contributed by atoms with Gasteiger partial charge < -0.3 is 9.47 Å². The van der Waals surface area contributed by atoms with Gasteiger partial charge in [-0.1, -0.05) is 104 Å². The van der Waals surface area contributed by atoms with Crippen LogP contribution in [0.3, 0.4) is 0 Å². The molecule has 0 amide bonds. The van der Waals surface area contributed by atoms with Gasteiger partial charge in [0.2, 0.25) is 0 Å². The van der Waals surface area contributed by atoms with Crippen LogP contribution in [-0.4, -0.2) is 25.2 Å². The molecule has 0 aliphatic heterocycles. The van der Waals surface area contributed by atoms with Crippen molar-refractivity contribution in [2.75, 3.05) is 13.2 Å². The number of carbonyl (C=O) groups is 2. The van der Waals surface area contributed by atoms with Crippen LogP contribution in [0.1, 0.15) is 24.0 Å². The van der Waals surface area contributed by atoms with Crippen molar-refractivity contribution in [2.24, 2.45) is 0 Å². The number of hydrogen-bond acceptors (Lipinski definition) is 4. The number of fused-ring (bicyclic) bond motifs is 6. The molecule has 0 bridgehead atoms. The highest BCUT2D eigenvalue weighted by atomic mass is 16.5. The standard InChI is InChI=1S/C39H30O4/c1-3-36(40)42-22-10-21-39(24-43-37(41)4-2)34-16-8-7-13-29(34)30-18-17-25(23-35(30)39)26-19-20-33-28-12-6-5-11-27(28)32-15-9-14-31(26)38(32)33/h3-9,11-20,23H,1-2,10,21-22,24H2. The third kappa shape index (κ3) is 4.21. The molecule has 5 aromatic carbocycles. The topological polar surface area (TPSA) is 52.6 Å². The third-order valence-corrected chi connectivity index (χ3v) is 8.91. The average molecular weight is 563 g/mol. The molecule has 0 saturated heterocycles. The smallest absolute Gasteiger partial charge is 0.330 e. The van der Waals surface area contributed by atoms with E-state index in [0.717, 1.165) is 33.4 Å². The second kappa shape index (κ2) is 10.6. The van der Waals surface area contributed by atoms with Crippen molar-refractivity contribution in [2.45, 2.75) is 18.3 Å². The van der Waals surface area contributed by atoms with E-state index in [9.17, 15) is 9.59 Å². The van der Waals surface area contributed by atoms with Gasteiger partial charge in [0, 0.05) is 12.2 Å². The molecule has 0 heterocycles. The lowest BCUT2D eigenvalue weighted by molar-refractivity contribution is -0.139. The number of esters is 2. The maximum Gasteiger partial charge on any atom is 0.330 e. The number of ether oxygens (including phenoxy) is 2. The fourth-order valence-electron chi connectivity index (χ4n) is 7.04. The van der Waals surface area contributed by atoms with E-state index in [1.54, 1.807) is 0 Å². The number of carbonyl (C=O) groups excluding carboxylic acids is 2. The summed E-state index contributed by atoms with van der Waals surface area (Å²) >= 11 is 0. The molecule has 0 saturated carbocycles. The van der Waals surface area contributed by atoms with E-state index < -0.39 is 17.4 Å². The summed E-state index contributed by atoms with van der Waals surface area (Å²) in [5.74, 6) is -0.914. The Kier molecular flexibility index (Phi) is 6.55. The van der Waals surface area contributed by atoms with Crippen molar-refractivity contribution in [3.05, 3.63) is 133 Å². The summed E-state index contributed by atoms with van der Waals surface area (Å²) in [7, 11) is 0. The summed E-state index contributed by atoms with van der Waals surface area (Å²) in [5.41, 5.74) is 11.1. The predicted octanol–water partition coefficient (Wildman–Crippen LogP) is 8.66. The Labute approximate surface area is 250 Å². The number of rotatable bonds is 9. The van der Waals surface area contributed by atoms with E-state index in [2.05, 4.69) is 98.1 Å². The minimum absolute atomic E-state index is 0.153. The first kappa shape index (κ1) is 26.7. The normalized spacial score (nSPS) is 15.3. The highest BCUT2D eigenvalue weighted by Gasteiger charge is 2.44. The molecule has 1 atom stereocenters. The molecule has 1 unspecified atom stereocenters. The summed E-state index contributed by atoms with van der Waals surface area (Å²) in [6, 6.07) is 34.5. The van der Waals surface area contributed by atoms with Gasteiger partial charge in [-0.3, -0.25) is 0 Å². The molecule has 0 fully saturated rings. The molecule has 5 aromatic rings. The van der Waals surface area contributed by atoms with E-state index in [-0.39, 0.29) is 13.2 Å². The van der Waals surface area contributed by atoms with Crippen LogP contribution < -0.4 is 0 Å². The molecule has 2 aliphatic rings.